The summed E-state index contributed by atoms with van der Waals surface area (Å²) in [5.74, 6) is -2.50. The molecule has 0 atom stereocenters. The van der Waals surface area contributed by atoms with Crippen molar-refractivity contribution in [3.63, 3.8) is 0 Å². The predicted octanol–water partition coefficient (Wildman–Crippen LogP) is 5.17. The number of ether oxygens (including phenoxy) is 1. The van der Waals surface area contributed by atoms with Crippen LogP contribution in [0.5, 0.6) is 5.75 Å². The molecule has 4 rings (SSSR count). The average Bonchev–Trinajstić information content (AvgIpc) is 3.05. The summed E-state index contributed by atoms with van der Waals surface area (Å²) in [6, 6.07) is 18.4. The fourth-order valence-corrected chi connectivity index (χ4v) is 3.72. The van der Waals surface area contributed by atoms with E-state index in [4.69, 9.17) is 4.74 Å². The Bertz CT molecular complexity index is 1240. The zero-order valence-corrected chi connectivity index (χ0v) is 18.4. The SMILES string of the molecule is CC(C)Oc1ccc(C2=C(N(C)c3ccccc3)C(=O)N(c3cc(F)ccc3F)C2=O)cc1. The van der Waals surface area contributed by atoms with Gasteiger partial charge in [0.1, 0.15) is 23.1 Å². The summed E-state index contributed by atoms with van der Waals surface area (Å²) in [6.45, 7) is 3.79. The molecule has 0 saturated carbocycles. The molecule has 3 aromatic carbocycles. The summed E-state index contributed by atoms with van der Waals surface area (Å²) in [5, 5.41) is 0. The molecular weight excluding hydrogens is 426 g/mol. The summed E-state index contributed by atoms with van der Waals surface area (Å²) >= 11 is 0. The molecule has 1 aliphatic heterocycles. The molecular formula is C26H22F2N2O3. The lowest BCUT2D eigenvalue weighted by molar-refractivity contribution is -0.120. The average molecular weight is 448 g/mol. The number of nitrogens with zero attached hydrogens (tertiary/aromatic N) is 2. The van der Waals surface area contributed by atoms with E-state index in [1.54, 1.807) is 60.5 Å². The van der Waals surface area contributed by atoms with Crippen LogP contribution in [0.3, 0.4) is 0 Å². The van der Waals surface area contributed by atoms with Crippen molar-refractivity contribution >= 4 is 28.8 Å². The van der Waals surface area contributed by atoms with Gasteiger partial charge >= 0.3 is 0 Å². The second-order valence-electron chi connectivity index (χ2n) is 7.85. The van der Waals surface area contributed by atoms with Gasteiger partial charge in [0.25, 0.3) is 11.8 Å². The quantitative estimate of drug-likeness (QED) is 0.488. The third kappa shape index (κ3) is 4.22. The van der Waals surface area contributed by atoms with E-state index < -0.39 is 29.1 Å². The van der Waals surface area contributed by atoms with Crippen LogP contribution in [0.1, 0.15) is 19.4 Å². The molecule has 0 aliphatic carbocycles. The van der Waals surface area contributed by atoms with Crippen LogP contribution in [-0.4, -0.2) is 25.0 Å². The smallest absolute Gasteiger partial charge is 0.282 e. The van der Waals surface area contributed by atoms with Gasteiger partial charge in [-0.3, -0.25) is 9.59 Å². The number of carbonyl (C=O) groups is 2. The van der Waals surface area contributed by atoms with Crippen molar-refractivity contribution in [2.45, 2.75) is 20.0 Å². The van der Waals surface area contributed by atoms with Crippen LogP contribution in [0.15, 0.2) is 78.5 Å². The van der Waals surface area contributed by atoms with E-state index in [1.165, 1.54) is 0 Å². The molecule has 0 radical (unpaired) electrons. The maximum Gasteiger partial charge on any atom is 0.282 e. The van der Waals surface area contributed by atoms with Crippen molar-refractivity contribution in [3.8, 4) is 5.75 Å². The van der Waals surface area contributed by atoms with Crippen molar-refractivity contribution < 1.29 is 23.1 Å². The Morgan fingerprint density at radius 3 is 2.18 bits per heavy atom. The van der Waals surface area contributed by atoms with Gasteiger partial charge in [-0.1, -0.05) is 30.3 Å². The molecule has 0 bridgehead atoms. The molecule has 5 nitrogen and oxygen atoms in total. The van der Waals surface area contributed by atoms with Gasteiger partial charge in [0, 0.05) is 18.8 Å². The minimum absolute atomic E-state index is 0.0315. The van der Waals surface area contributed by atoms with E-state index in [1.807, 2.05) is 19.9 Å². The van der Waals surface area contributed by atoms with Crippen molar-refractivity contribution in [2.75, 3.05) is 16.8 Å². The number of para-hydroxylation sites is 1. The van der Waals surface area contributed by atoms with E-state index >= 15 is 0 Å². The van der Waals surface area contributed by atoms with Crippen LogP contribution in [-0.2, 0) is 9.59 Å². The molecule has 1 aliphatic rings. The van der Waals surface area contributed by atoms with E-state index in [0.29, 0.717) is 21.9 Å². The lowest BCUT2D eigenvalue weighted by Gasteiger charge is -2.21. The molecule has 0 unspecified atom stereocenters. The second kappa shape index (κ2) is 8.86. The molecule has 0 spiro atoms. The van der Waals surface area contributed by atoms with E-state index in [9.17, 15) is 18.4 Å². The van der Waals surface area contributed by atoms with Gasteiger partial charge in [0.15, 0.2) is 0 Å². The van der Waals surface area contributed by atoms with Crippen LogP contribution in [0.25, 0.3) is 5.57 Å². The first-order chi connectivity index (χ1) is 15.8. The molecule has 3 aromatic rings. The molecule has 1 heterocycles. The Morgan fingerprint density at radius 2 is 1.55 bits per heavy atom. The molecule has 7 heteroatoms. The minimum Gasteiger partial charge on any atom is -0.491 e. The highest BCUT2D eigenvalue weighted by atomic mass is 19.1. The number of hydrogen-bond acceptors (Lipinski definition) is 4. The maximum absolute atomic E-state index is 14.6. The van der Waals surface area contributed by atoms with Crippen LogP contribution < -0.4 is 14.5 Å². The zero-order chi connectivity index (χ0) is 23.7. The fraction of sp³-hybridized carbons (Fsp3) is 0.154. The molecule has 168 valence electrons. The van der Waals surface area contributed by atoms with Crippen LogP contribution >= 0.6 is 0 Å². The first kappa shape index (κ1) is 22.2. The highest BCUT2D eigenvalue weighted by Crippen LogP contribution is 2.37. The van der Waals surface area contributed by atoms with Gasteiger partial charge in [-0.15, -0.1) is 0 Å². The number of imide groups is 1. The lowest BCUT2D eigenvalue weighted by atomic mass is 10.0. The summed E-state index contributed by atoms with van der Waals surface area (Å²) in [6.07, 6.45) is -0.0315. The van der Waals surface area contributed by atoms with Crippen LogP contribution in [0.4, 0.5) is 20.2 Å². The summed E-state index contributed by atoms with van der Waals surface area (Å²) in [7, 11) is 1.65. The third-order valence-corrected chi connectivity index (χ3v) is 5.20. The first-order valence-electron chi connectivity index (χ1n) is 10.4. The van der Waals surface area contributed by atoms with Crippen molar-refractivity contribution in [1.82, 2.24) is 0 Å². The molecule has 0 aromatic heterocycles. The summed E-state index contributed by atoms with van der Waals surface area (Å²) in [5.41, 5.74) is 0.839. The van der Waals surface area contributed by atoms with E-state index in [-0.39, 0.29) is 17.4 Å². The number of rotatable bonds is 6. The summed E-state index contributed by atoms with van der Waals surface area (Å²) in [4.78, 5) is 29.2. The lowest BCUT2D eigenvalue weighted by Crippen LogP contribution is -2.35. The zero-order valence-electron chi connectivity index (χ0n) is 18.4. The Morgan fingerprint density at radius 1 is 0.879 bits per heavy atom. The van der Waals surface area contributed by atoms with Crippen LogP contribution in [0, 0.1) is 11.6 Å². The number of benzene rings is 3. The summed E-state index contributed by atoms with van der Waals surface area (Å²) < 4.78 is 34.1. The highest BCUT2D eigenvalue weighted by molar-refractivity contribution is 6.46. The standard InChI is InChI=1S/C26H22F2N2O3/c1-16(2)33-20-12-9-17(10-13-20)23-24(29(3)19-7-5-4-6-8-19)26(32)30(25(23)31)22-15-18(27)11-14-21(22)28/h4-16H,1-3H3. The minimum atomic E-state index is -0.873. The van der Waals surface area contributed by atoms with Gasteiger partial charge in [-0.25, -0.2) is 13.7 Å². The van der Waals surface area contributed by atoms with Gasteiger partial charge in [-0.2, -0.15) is 0 Å². The van der Waals surface area contributed by atoms with E-state index in [0.717, 1.165) is 18.2 Å². The van der Waals surface area contributed by atoms with Gasteiger partial charge in [0.05, 0.1) is 17.4 Å². The number of carbonyl (C=O) groups excluding carboxylic acids is 2. The Balaban J connectivity index is 1.85. The molecule has 33 heavy (non-hydrogen) atoms. The largest absolute Gasteiger partial charge is 0.491 e. The number of hydrogen-bond donors (Lipinski definition) is 0. The number of likely N-dealkylation sites (N-methyl/N-ethyl adjacent to an activating group) is 1. The van der Waals surface area contributed by atoms with Crippen LogP contribution in [0.2, 0.25) is 0 Å². The fourth-order valence-electron chi connectivity index (χ4n) is 3.72. The molecule has 0 saturated heterocycles. The van der Waals surface area contributed by atoms with Crippen molar-refractivity contribution in [3.05, 3.63) is 95.7 Å². The topological polar surface area (TPSA) is 49.9 Å². The Kier molecular flexibility index (Phi) is 5.96. The molecule has 2 amide bonds. The number of anilines is 2. The number of amides is 2. The van der Waals surface area contributed by atoms with Gasteiger partial charge in [-0.05, 0) is 55.8 Å². The highest BCUT2D eigenvalue weighted by Gasteiger charge is 2.43. The van der Waals surface area contributed by atoms with Gasteiger partial charge in [0.2, 0.25) is 0 Å². The monoisotopic (exact) mass is 448 g/mol. The van der Waals surface area contributed by atoms with Crippen molar-refractivity contribution in [1.29, 1.82) is 0 Å². The number of halogens is 2. The van der Waals surface area contributed by atoms with E-state index in [2.05, 4.69) is 0 Å². The van der Waals surface area contributed by atoms with Crippen molar-refractivity contribution in [2.24, 2.45) is 0 Å². The molecule has 0 fully saturated rings. The van der Waals surface area contributed by atoms with Gasteiger partial charge < -0.3 is 9.64 Å². The maximum atomic E-state index is 14.6. The Hall–Kier alpha value is -4.00. The molecule has 0 N–H and O–H groups in total. The third-order valence-electron chi connectivity index (χ3n) is 5.20. The first-order valence-corrected chi connectivity index (χ1v) is 10.4. The normalized spacial score (nSPS) is 13.8. The Labute approximate surface area is 190 Å². The second-order valence-corrected chi connectivity index (χ2v) is 7.85. The predicted molar refractivity (Wildman–Crippen MR) is 123 cm³/mol.